The number of aryl methyl sites for hydroxylation is 2. The van der Waals surface area contributed by atoms with E-state index in [0.717, 1.165) is 44.5 Å². The topological polar surface area (TPSA) is 29.5 Å². The predicted octanol–water partition coefficient (Wildman–Crippen LogP) is 7.44. The average Bonchev–Trinajstić information content (AvgIpc) is 3.12. The zero-order valence-corrected chi connectivity index (χ0v) is 20.6. The maximum atomic E-state index is 13.5. The number of anilines is 1. The fourth-order valence-electron chi connectivity index (χ4n) is 4.15. The lowest BCUT2D eigenvalue weighted by molar-refractivity contribution is -0.113. The maximum absolute atomic E-state index is 13.5. The van der Waals surface area contributed by atoms with Gasteiger partial charge in [-0.3, -0.25) is 9.69 Å². The van der Waals surface area contributed by atoms with Crippen LogP contribution in [0, 0.1) is 13.8 Å². The van der Waals surface area contributed by atoms with Gasteiger partial charge in [0.25, 0.3) is 5.91 Å². The summed E-state index contributed by atoms with van der Waals surface area (Å²) < 4.78 is 6.77. The van der Waals surface area contributed by atoms with Crippen LogP contribution < -0.4 is 9.64 Å². The van der Waals surface area contributed by atoms with Crippen LogP contribution in [-0.2, 0) is 11.4 Å². The minimum atomic E-state index is -0.108. The second kappa shape index (κ2) is 9.45. The molecule has 0 unspecified atom stereocenters. The fourth-order valence-corrected chi connectivity index (χ4v) is 5.42. The van der Waals surface area contributed by atoms with Gasteiger partial charge in [0.2, 0.25) is 0 Å². The van der Waals surface area contributed by atoms with E-state index in [9.17, 15) is 4.79 Å². The second-order valence-corrected chi connectivity index (χ2v) is 9.96. The molecule has 5 rings (SSSR count). The fraction of sp³-hybridized carbons (Fsp3) is 0.103. The number of thioether (sulfide) groups is 1. The molecule has 4 aromatic rings. The molecule has 0 aliphatic carbocycles. The summed E-state index contributed by atoms with van der Waals surface area (Å²) in [5.41, 5.74) is 4.97. The standard InChI is InChI=1S/C29H23NO2S2/c1-19-12-14-25(20(2)16-19)30-28(31)27(34-29(30)33)17-24-23-11-7-6-10-22(23)13-15-26(24)32-18-21-8-4-3-5-9-21/h3-17H,18H2,1-2H3/b27-17-. The van der Waals surface area contributed by atoms with Gasteiger partial charge in [0.05, 0.1) is 10.6 Å². The zero-order chi connectivity index (χ0) is 23.7. The Balaban J connectivity index is 1.55. The first kappa shape index (κ1) is 22.4. The van der Waals surface area contributed by atoms with E-state index in [2.05, 4.69) is 18.2 Å². The number of amides is 1. The molecule has 5 heteroatoms. The summed E-state index contributed by atoms with van der Waals surface area (Å²) in [7, 11) is 0. The number of hydrogen-bond acceptors (Lipinski definition) is 4. The lowest BCUT2D eigenvalue weighted by Crippen LogP contribution is -2.28. The molecule has 0 radical (unpaired) electrons. The van der Waals surface area contributed by atoms with E-state index in [0.29, 0.717) is 15.8 Å². The molecule has 0 bridgehead atoms. The van der Waals surface area contributed by atoms with Crippen LogP contribution in [0.15, 0.2) is 89.8 Å². The lowest BCUT2D eigenvalue weighted by atomic mass is 10.0. The highest BCUT2D eigenvalue weighted by atomic mass is 32.2. The Bertz CT molecular complexity index is 1440. The molecule has 1 heterocycles. The van der Waals surface area contributed by atoms with Crippen molar-refractivity contribution >= 4 is 56.7 Å². The van der Waals surface area contributed by atoms with Crippen molar-refractivity contribution in [1.29, 1.82) is 0 Å². The third kappa shape index (κ3) is 4.37. The summed E-state index contributed by atoms with van der Waals surface area (Å²) in [4.78, 5) is 15.7. The zero-order valence-electron chi connectivity index (χ0n) is 18.9. The number of carbonyl (C=O) groups is 1. The van der Waals surface area contributed by atoms with Crippen molar-refractivity contribution in [3.63, 3.8) is 0 Å². The number of carbonyl (C=O) groups excluding carboxylic acids is 1. The summed E-state index contributed by atoms with van der Waals surface area (Å²) in [6, 6.07) is 28.3. The highest BCUT2D eigenvalue weighted by Gasteiger charge is 2.34. The molecule has 168 valence electrons. The molecule has 0 saturated carbocycles. The van der Waals surface area contributed by atoms with Crippen molar-refractivity contribution in [3.8, 4) is 5.75 Å². The quantitative estimate of drug-likeness (QED) is 0.219. The third-order valence-corrected chi connectivity index (χ3v) is 7.13. The van der Waals surface area contributed by atoms with Crippen LogP contribution >= 0.6 is 24.0 Å². The monoisotopic (exact) mass is 481 g/mol. The Hall–Kier alpha value is -3.41. The maximum Gasteiger partial charge on any atom is 0.270 e. The Morgan fingerprint density at radius 3 is 2.50 bits per heavy atom. The third-order valence-electron chi connectivity index (χ3n) is 5.83. The van der Waals surface area contributed by atoms with Gasteiger partial charge in [0.15, 0.2) is 4.32 Å². The molecular formula is C29H23NO2S2. The molecule has 1 fully saturated rings. The Kier molecular flexibility index (Phi) is 6.22. The number of thiocarbonyl (C=S) groups is 1. The van der Waals surface area contributed by atoms with Crippen molar-refractivity contribution in [2.75, 3.05) is 4.90 Å². The molecule has 34 heavy (non-hydrogen) atoms. The van der Waals surface area contributed by atoms with Crippen LogP contribution in [0.2, 0.25) is 0 Å². The average molecular weight is 482 g/mol. The van der Waals surface area contributed by atoms with Crippen LogP contribution in [-0.4, -0.2) is 10.2 Å². The minimum absolute atomic E-state index is 0.108. The summed E-state index contributed by atoms with van der Waals surface area (Å²) in [5, 5.41) is 2.12. The van der Waals surface area contributed by atoms with E-state index in [1.54, 1.807) is 4.90 Å². The van der Waals surface area contributed by atoms with Crippen LogP contribution in [0.25, 0.3) is 16.8 Å². The summed E-state index contributed by atoms with van der Waals surface area (Å²) in [6.45, 7) is 4.49. The van der Waals surface area contributed by atoms with Crippen LogP contribution in [0.5, 0.6) is 5.75 Å². The SMILES string of the molecule is Cc1ccc(N2C(=O)/C(=C/c3c(OCc4ccccc4)ccc4ccccc34)SC2=S)c(C)c1. The first-order valence-electron chi connectivity index (χ1n) is 11.0. The van der Waals surface area contributed by atoms with E-state index in [1.165, 1.54) is 11.8 Å². The van der Waals surface area contributed by atoms with Gasteiger partial charge in [0.1, 0.15) is 12.4 Å². The van der Waals surface area contributed by atoms with Crippen molar-refractivity contribution in [2.24, 2.45) is 0 Å². The normalized spacial score (nSPS) is 14.9. The van der Waals surface area contributed by atoms with Gasteiger partial charge in [0, 0.05) is 5.56 Å². The van der Waals surface area contributed by atoms with Crippen LogP contribution in [0.3, 0.4) is 0 Å². The molecule has 1 saturated heterocycles. The summed E-state index contributed by atoms with van der Waals surface area (Å²) >= 11 is 6.95. The molecule has 1 amide bonds. The molecule has 0 aromatic heterocycles. The van der Waals surface area contributed by atoms with Gasteiger partial charge in [-0.25, -0.2) is 0 Å². The number of hydrogen-bond donors (Lipinski definition) is 0. The molecule has 0 N–H and O–H groups in total. The van der Waals surface area contributed by atoms with Gasteiger partial charge < -0.3 is 4.74 Å². The van der Waals surface area contributed by atoms with E-state index < -0.39 is 0 Å². The van der Waals surface area contributed by atoms with Crippen LogP contribution in [0.4, 0.5) is 5.69 Å². The van der Waals surface area contributed by atoms with E-state index in [4.69, 9.17) is 17.0 Å². The molecule has 0 spiro atoms. The Labute approximate surface area is 209 Å². The van der Waals surface area contributed by atoms with Gasteiger partial charge in [-0.2, -0.15) is 0 Å². The highest BCUT2D eigenvalue weighted by Crippen LogP contribution is 2.40. The van der Waals surface area contributed by atoms with Crippen molar-refractivity contribution in [2.45, 2.75) is 20.5 Å². The summed E-state index contributed by atoms with van der Waals surface area (Å²) in [6.07, 6.45) is 1.92. The smallest absolute Gasteiger partial charge is 0.270 e. The number of rotatable bonds is 5. The van der Waals surface area contributed by atoms with Gasteiger partial charge in [-0.1, -0.05) is 102 Å². The minimum Gasteiger partial charge on any atom is -0.488 e. The van der Waals surface area contributed by atoms with E-state index in [1.807, 2.05) is 86.7 Å². The largest absolute Gasteiger partial charge is 0.488 e. The van der Waals surface area contributed by atoms with E-state index >= 15 is 0 Å². The van der Waals surface area contributed by atoms with Crippen molar-refractivity contribution in [1.82, 2.24) is 0 Å². The first-order chi connectivity index (χ1) is 16.5. The molecular weight excluding hydrogens is 458 g/mol. The molecule has 4 aromatic carbocycles. The number of fused-ring (bicyclic) bond motifs is 1. The van der Waals surface area contributed by atoms with Gasteiger partial charge in [-0.05, 0) is 54.0 Å². The molecule has 1 aliphatic rings. The van der Waals surface area contributed by atoms with Gasteiger partial charge >= 0.3 is 0 Å². The Morgan fingerprint density at radius 2 is 1.71 bits per heavy atom. The molecule has 3 nitrogen and oxygen atoms in total. The molecule has 0 atom stereocenters. The number of nitrogens with zero attached hydrogens (tertiary/aromatic N) is 1. The second-order valence-electron chi connectivity index (χ2n) is 8.28. The highest BCUT2D eigenvalue weighted by molar-refractivity contribution is 8.27. The van der Waals surface area contributed by atoms with Crippen molar-refractivity contribution < 1.29 is 9.53 Å². The molecule has 1 aliphatic heterocycles. The van der Waals surface area contributed by atoms with Crippen molar-refractivity contribution in [3.05, 3.63) is 112 Å². The first-order valence-corrected chi connectivity index (χ1v) is 12.3. The van der Waals surface area contributed by atoms with E-state index in [-0.39, 0.29) is 5.91 Å². The van der Waals surface area contributed by atoms with Crippen LogP contribution in [0.1, 0.15) is 22.3 Å². The lowest BCUT2D eigenvalue weighted by Gasteiger charge is -2.17. The number of ether oxygens (including phenoxy) is 1. The summed E-state index contributed by atoms with van der Waals surface area (Å²) in [5.74, 6) is 0.628. The van der Waals surface area contributed by atoms with Gasteiger partial charge in [-0.15, -0.1) is 0 Å². The number of benzene rings is 4. The Morgan fingerprint density at radius 1 is 0.941 bits per heavy atom. The predicted molar refractivity (Wildman–Crippen MR) is 146 cm³/mol.